The summed E-state index contributed by atoms with van der Waals surface area (Å²) in [7, 11) is 1.78. The molecule has 1 atom stereocenters. The minimum Gasteiger partial charge on any atom is -0.480 e. The maximum atomic E-state index is 11.6. The van der Waals surface area contributed by atoms with Crippen molar-refractivity contribution >= 4 is 12.1 Å². The van der Waals surface area contributed by atoms with Crippen LogP contribution in [0.4, 0.5) is 4.79 Å². The molecule has 6 heteroatoms. The zero-order valence-corrected chi connectivity index (χ0v) is 12.2. The van der Waals surface area contributed by atoms with Gasteiger partial charge in [0.2, 0.25) is 0 Å². The van der Waals surface area contributed by atoms with E-state index in [4.69, 9.17) is 4.74 Å². The Morgan fingerprint density at radius 1 is 1.37 bits per heavy atom. The molecule has 1 fully saturated rings. The molecule has 2 N–H and O–H groups in total. The van der Waals surface area contributed by atoms with E-state index in [1.807, 2.05) is 0 Å². The first-order valence-electron chi connectivity index (χ1n) is 6.59. The molecule has 6 nitrogen and oxygen atoms in total. The lowest BCUT2D eigenvalue weighted by molar-refractivity contribution is -0.152. The molecule has 19 heavy (non-hydrogen) atoms. The number of ether oxygens (including phenoxy) is 1. The molecule has 1 aliphatic heterocycles. The quantitative estimate of drug-likeness (QED) is 0.813. The van der Waals surface area contributed by atoms with Gasteiger partial charge in [-0.05, 0) is 53.6 Å². The smallest absolute Gasteiger partial charge is 0.407 e. The third kappa shape index (κ3) is 4.09. The Morgan fingerprint density at radius 2 is 2.00 bits per heavy atom. The Kier molecular flexibility index (Phi) is 4.79. The maximum Gasteiger partial charge on any atom is 0.407 e. The fourth-order valence-corrected chi connectivity index (χ4v) is 2.27. The lowest BCUT2D eigenvalue weighted by Gasteiger charge is -2.41. The Bertz CT molecular complexity index is 351. The molecule has 1 saturated heterocycles. The van der Waals surface area contributed by atoms with Gasteiger partial charge in [-0.1, -0.05) is 0 Å². The zero-order chi connectivity index (χ0) is 14.7. The van der Waals surface area contributed by atoms with E-state index in [1.165, 1.54) is 0 Å². The van der Waals surface area contributed by atoms with E-state index >= 15 is 0 Å². The highest BCUT2D eigenvalue weighted by Crippen LogP contribution is 2.26. The Morgan fingerprint density at radius 3 is 2.47 bits per heavy atom. The van der Waals surface area contributed by atoms with Crippen molar-refractivity contribution < 1.29 is 19.4 Å². The van der Waals surface area contributed by atoms with Crippen LogP contribution in [0, 0.1) is 0 Å². The summed E-state index contributed by atoms with van der Waals surface area (Å²) in [5.74, 6) is -0.897. The highest BCUT2D eigenvalue weighted by molar-refractivity contribution is 5.80. The minimum atomic E-state index is -1.02. The molecular weight excluding hydrogens is 248 g/mol. The fourth-order valence-electron chi connectivity index (χ4n) is 2.27. The highest BCUT2D eigenvalue weighted by Gasteiger charge is 2.44. The zero-order valence-electron chi connectivity index (χ0n) is 12.2. The summed E-state index contributed by atoms with van der Waals surface area (Å²) < 4.78 is 5.13. The van der Waals surface area contributed by atoms with Gasteiger partial charge < -0.3 is 15.2 Å². The van der Waals surface area contributed by atoms with Crippen LogP contribution in [-0.4, -0.2) is 53.3 Å². The van der Waals surface area contributed by atoms with Crippen LogP contribution in [0.25, 0.3) is 0 Å². The van der Waals surface area contributed by atoms with Gasteiger partial charge in [-0.15, -0.1) is 0 Å². The fraction of sp³-hybridized carbons (Fsp3) is 0.846. The first-order valence-corrected chi connectivity index (χ1v) is 6.59. The molecule has 0 spiro atoms. The van der Waals surface area contributed by atoms with E-state index in [0.717, 1.165) is 19.4 Å². The van der Waals surface area contributed by atoms with E-state index < -0.39 is 23.2 Å². The number of rotatable bonds is 3. The van der Waals surface area contributed by atoms with Crippen molar-refractivity contribution in [1.29, 1.82) is 0 Å². The molecule has 1 amide bonds. The average Bonchev–Trinajstić information content (AvgIpc) is 2.25. The maximum absolute atomic E-state index is 11.6. The van der Waals surface area contributed by atoms with Gasteiger partial charge in [0.15, 0.2) is 0 Å². The van der Waals surface area contributed by atoms with Gasteiger partial charge >= 0.3 is 12.1 Å². The SMILES string of the molecule is CN1CCCCC1(CNC(=O)OC(C)(C)C)C(=O)O. The third-order valence-corrected chi connectivity index (χ3v) is 3.39. The van der Waals surface area contributed by atoms with Gasteiger partial charge in [0.05, 0.1) is 6.54 Å². The van der Waals surface area contributed by atoms with Crippen molar-refractivity contribution in [2.45, 2.75) is 51.2 Å². The van der Waals surface area contributed by atoms with Gasteiger partial charge in [0.25, 0.3) is 0 Å². The van der Waals surface area contributed by atoms with Crippen LogP contribution in [0.1, 0.15) is 40.0 Å². The number of likely N-dealkylation sites (N-methyl/N-ethyl adjacent to an activating group) is 1. The van der Waals surface area contributed by atoms with Crippen molar-refractivity contribution in [3.63, 3.8) is 0 Å². The molecule has 0 aromatic heterocycles. The Hall–Kier alpha value is -1.30. The van der Waals surface area contributed by atoms with Crippen LogP contribution >= 0.6 is 0 Å². The molecule has 0 radical (unpaired) electrons. The Labute approximate surface area is 114 Å². The number of nitrogens with zero attached hydrogens (tertiary/aromatic N) is 1. The number of carbonyl (C=O) groups excluding carboxylic acids is 1. The van der Waals surface area contributed by atoms with Crippen LogP contribution < -0.4 is 5.32 Å². The minimum absolute atomic E-state index is 0.0632. The number of carboxylic acid groups (broad SMARTS) is 1. The first-order chi connectivity index (χ1) is 8.67. The van der Waals surface area contributed by atoms with Crippen LogP contribution in [0.2, 0.25) is 0 Å². The molecule has 0 saturated carbocycles. The number of hydrogen-bond donors (Lipinski definition) is 2. The molecule has 1 heterocycles. The number of amides is 1. The summed E-state index contributed by atoms with van der Waals surface area (Å²) in [5.41, 5.74) is -1.60. The average molecular weight is 272 g/mol. The summed E-state index contributed by atoms with van der Waals surface area (Å²) in [6, 6.07) is 0. The number of aliphatic carboxylic acids is 1. The van der Waals surface area contributed by atoms with Gasteiger partial charge in [-0.25, -0.2) is 4.79 Å². The molecule has 0 aliphatic carbocycles. The monoisotopic (exact) mass is 272 g/mol. The number of alkyl carbamates (subject to hydrolysis) is 1. The molecule has 0 aromatic rings. The second kappa shape index (κ2) is 5.77. The molecule has 1 rings (SSSR count). The van der Waals surface area contributed by atoms with Gasteiger partial charge in [0.1, 0.15) is 11.1 Å². The summed E-state index contributed by atoms with van der Waals surface area (Å²) in [4.78, 5) is 25.0. The van der Waals surface area contributed by atoms with E-state index in [2.05, 4.69) is 5.32 Å². The first kappa shape index (κ1) is 15.8. The van der Waals surface area contributed by atoms with Crippen molar-refractivity contribution in [3.05, 3.63) is 0 Å². The van der Waals surface area contributed by atoms with Crippen molar-refractivity contribution in [1.82, 2.24) is 10.2 Å². The van der Waals surface area contributed by atoms with Gasteiger partial charge in [-0.3, -0.25) is 9.69 Å². The van der Waals surface area contributed by atoms with Crippen molar-refractivity contribution in [2.75, 3.05) is 20.1 Å². The number of carbonyl (C=O) groups is 2. The molecule has 110 valence electrons. The van der Waals surface area contributed by atoms with Crippen LogP contribution in [0.15, 0.2) is 0 Å². The molecule has 0 bridgehead atoms. The number of likely N-dealkylation sites (tertiary alicyclic amines) is 1. The molecule has 0 aromatic carbocycles. The molecular formula is C13H24N2O4. The van der Waals surface area contributed by atoms with Crippen LogP contribution in [0.5, 0.6) is 0 Å². The van der Waals surface area contributed by atoms with E-state index in [-0.39, 0.29) is 6.54 Å². The third-order valence-electron chi connectivity index (χ3n) is 3.39. The normalized spacial score (nSPS) is 24.8. The highest BCUT2D eigenvalue weighted by atomic mass is 16.6. The van der Waals surface area contributed by atoms with E-state index in [9.17, 15) is 14.7 Å². The van der Waals surface area contributed by atoms with Crippen molar-refractivity contribution in [3.8, 4) is 0 Å². The summed E-state index contributed by atoms with van der Waals surface area (Å²) in [6.45, 7) is 6.10. The van der Waals surface area contributed by atoms with Gasteiger partial charge in [0, 0.05) is 0 Å². The Balaban J connectivity index is 2.65. The number of piperidine rings is 1. The number of carboxylic acids is 1. The summed E-state index contributed by atoms with van der Waals surface area (Å²) in [6.07, 6.45) is 1.80. The summed E-state index contributed by atoms with van der Waals surface area (Å²) >= 11 is 0. The second-order valence-electron chi connectivity index (χ2n) is 6.07. The second-order valence-corrected chi connectivity index (χ2v) is 6.07. The van der Waals surface area contributed by atoms with Crippen LogP contribution in [0.3, 0.4) is 0 Å². The van der Waals surface area contributed by atoms with Gasteiger partial charge in [-0.2, -0.15) is 0 Å². The molecule has 1 unspecified atom stereocenters. The molecule has 1 aliphatic rings. The van der Waals surface area contributed by atoms with Crippen LogP contribution in [-0.2, 0) is 9.53 Å². The number of hydrogen-bond acceptors (Lipinski definition) is 4. The standard InChI is InChI=1S/C13H24N2O4/c1-12(2,3)19-11(18)14-9-13(10(16)17)7-5-6-8-15(13)4/h5-9H2,1-4H3,(H,14,18)(H,16,17). The van der Waals surface area contributed by atoms with E-state index in [1.54, 1.807) is 32.7 Å². The topological polar surface area (TPSA) is 78.9 Å². The predicted molar refractivity (Wildman–Crippen MR) is 71.1 cm³/mol. The predicted octanol–water partition coefficient (Wildman–Crippen LogP) is 1.45. The largest absolute Gasteiger partial charge is 0.480 e. The lowest BCUT2D eigenvalue weighted by Crippen LogP contribution is -2.61. The van der Waals surface area contributed by atoms with Crippen molar-refractivity contribution in [2.24, 2.45) is 0 Å². The van der Waals surface area contributed by atoms with E-state index in [0.29, 0.717) is 6.42 Å². The number of nitrogens with one attached hydrogen (secondary N) is 1. The summed E-state index contributed by atoms with van der Waals surface area (Å²) in [5, 5.41) is 12.0. The lowest BCUT2D eigenvalue weighted by atomic mass is 9.87.